The fraction of sp³-hybridized carbons (Fsp3) is 0.300. The van der Waals surface area contributed by atoms with Gasteiger partial charge in [0, 0.05) is 0 Å². The first-order valence-electron chi connectivity index (χ1n) is 4.14. The van der Waals surface area contributed by atoms with Crippen LogP contribution in [0.2, 0.25) is 0 Å². The maximum atomic E-state index is 11.1. The standard InChI is InChI=1S/C10H11ClO4/c1-13-7-5-4-6(10(11)12)8(14-2)9(7)15-3/h4-5H,1-3H3. The van der Waals surface area contributed by atoms with Crippen LogP contribution >= 0.6 is 11.6 Å². The van der Waals surface area contributed by atoms with E-state index in [4.69, 9.17) is 25.8 Å². The van der Waals surface area contributed by atoms with E-state index in [9.17, 15) is 4.79 Å². The van der Waals surface area contributed by atoms with Crippen molar-refractivity contribution < 1.29 is 19.0 Å². The Morgan fingerprint density at radius 2 is 1.67 bits per heavy atom. The molecule has 0 radical (unpaired) electrons. The largest absolute Gasteiger partial charge is 0.493 e. The van der Waals surface area contributed by atoms with Gasteiger partial charge in [-0.3, -0.25) is 4.79 Å². The van der Waals surface area contributed by atoms with E-state index in [1.165, 1.54) is 27.4 Å². The summed E-state index contributed by atoms with van der Waals surface area (Å²) >= 11 is 5.40. The summed E-state index contributed by atoms with van der Waals surface area (Å²) in [5, 5.41) is -0.604. The van der Waals surface area contributed by atoms with Gasteiger partial charge in [-0.05, 0) is 23.7 Å². The zero-order valence-corrected chi connectivity index (χ0v) is 9.42. The summed E-state index contributed by atoms with van der Waals surface area (Å²) in [5.74, 6) is 1.11. The van der Waals surface area contributed by atoms with Crippen molar-refractivity contribution in [1.82, 2.24) is 0 Å². The minimum atomic E-state index is -0.604. The molecular weight excluding hydrogens is 220 g/mol. The van der Waals surface area contributed by atoms with E-state index in [0.717, 1.165) is 0 Å². The number of rotatable bonds is 4. The van der Waals surface area contributed by atoms with Crippen molar-refractivity contribution >= 4 is 16.8 Å². The van der Waals surface area contributed by atoms with Crippen LogP contribution in [0, 0.1) is 0 Å². The van der Waals surface area contributed by atoms with Gasteiger partial charge < -0.3 is 14.2 Å². The summed E-state index contributed by atoms with van der Waals surface area (Å²) in [6, 6.07) is 3.12. The highest BCUT2D eigenvalue weighted by atomic mass is 35.5. The molecule has 0 amide bonds. The molecular formula is C10H11ClO4. The first-order valence-corrected chi connectivity index (χ1v) is 4.52. The van der Waals surface area contributed by atoms with Crippen molar-refractivity contribution in [3.63, 3.8) is 0 Å². The van der Waals surface area contributed by atoms with Gasteiger partial charge in [-0.25, -0.2) is 0 Å². The van der Waals surface area contributed by atoms with Gasteiger partial charge in [0.1, 0.15) is 0 Å². The predicted octanol–water partition coefficient (Wildman–Crippen LogP) is 2.09. The van der Waals surface area contributed by atoms with Crippen molar-refractivity contribution in [3.8, 4) is 17.2 Å². The topological polar surface area (TPSA) is 44.8 Å². The molecule has 1 aromatic rings. The number of benzene rings is 1. The van der Waals surface area contributed by atoms with Crippen molar-refractivity contribution in [3.05, 3.63) is 17.7 Å². The van der Waals surface area contributed by atoms with Gasteiger partial charge in [-0.2, -0.15) is 0 Å². The summed E-state index contributed by atoms with van der Waals surface area (Å²) in [4.78, 5) is 11.1. The molecule has 1 aromatic carbocycles. The molecule has 0 saturated heterocycles. The van der Waals surface area contributed by atoms with E-state index in [0.29, 0.717) is 11.5 Å². The number of ether oxygens (including phenoxy) is 3. The van der Waals surface area contributed by atoms with Crippen LogP contribution in [0.1, 0.15) is 10.4 Å². The first kappa shape index (κ1) is 11.7. The molecule has 0 atom stereocenters. The lowest BCUT2D eigenvalue weighted by Gasteiger charge is -2.13. The molecule has 0 heterocycles. The number of carbonyl (C=O) groups excluding carboxylic acids is 1. The van der Waals surface area contributed by atoms with Crippen LogP contribution in [0.15, 0.2) is 12.1 Å². The third-order valence-electron chi connectivity index (χ3n) is 1.92. The summed E-state index contributed by atoms with van der Waals surface area (Å²) in [7, 11) is 4.39. The number of hydrogen-bond acceptors (Lipinski definition) is 4. The molecule has 0 fully saturated rings. The third-order valence-corrected chi connectivity index (χ3v) is 2.12. The lowest BCUT2D eigenvalue weighted by atomic mass is 10.2. The average Bonchev–Trinajstić information content (AvgIpc) is 2.26. The fourth-order valence-corrected chi connectivity index (χ4v) is 1.40. The van der Waals surface area contributed by atoms with Crippen LogP contribution in [-0.4, -0.2) is 26.6 Å². The quantitative estimate of drug-likeness (QED) is 0.743. The maximum absolute atomic E-state index is 11.1. The molecule has 1 rings (SSSR count). The van der Waals surface area contributed by atoms with Gasteiger partial charge in [0.25, 0.3) is 5.24 Å². The van der Waals surface area contributed by atoms with Crippen LogP contribution < -0.4 is 14.2 Å². The lowest BCUT2D eigenvalue weighted by Crippen LogP contribution is -2.00. The van der Waals surface area contributed by atoms with E-state index in [-0.39, 0.29) is 11.3 Å². The third kappa shape index (κ3) is 2.15. The fourth-order valence-electron chi connectivity index (χ4n) is 1.26. The SMILES string of the molecule is COc1ccc(C(=O)Cl)c(OC)c1OC. The molecule has 0 spiro atoms. The zero-order chi connectivity index (χ0) is 11.4. The number of hydrogen-bond donors (Lipinski definition) is 0. The molecule has 0 aromatic heterocycles. The van der Waals surface area contributed by atoms with E-state index >= 15 is 0 Å². The van der Waals surface area contributed by atoms with Crippen molar-refractivity contribution in [2.24, 2.45) is 0 Å². The highest BCUT2D eigenvalue weighted by Gasteiger charge is 2.18. The van der Waals surface area contributed by atoms with Crippen LogP contribution in [0.3, 0.4) is 0 Å². The van der Waals surface area contributed by atoms with Gasteiger partial charge in [0.2, 0.25) is 5.75 Å². The number of halogens is 1. The second kappa shape index (κ2) is 4.89. The Morgan fingerprint density at radius 1 is 1.07 bits per heavy atom. The summed E-state index contributed by atoms with van der Waals surface area (Å²) in [6.45, 7) is 0. The van der Waals surface area contributed by atoms with Crippen LogP contribution in [-0.2, 0) is 0 Å². The molecule has 0 saturated carbocycles. The summed E-state index contributed by atoms with van der Waals surface area (Å²) < 4.78 is 15.2. The molecule has 0 aliphatic rings. The smallest absolute Gasteiger partial charge is 0.256 e. The Labute approximate surface area is 92.7 Å². The Bertz CT molecular complexity index is 376. The number of carbonyl (C=O) groups is 1. The molecule has 0 bridgehead atoms. The average molecular weight is 231 g/mol. The Morgan fingerprint density at radius 3 is 2.07 bits per heavy atom. The van der Waals surface area contributed by atoms with Gasteiger partial charge >= 0.3 is 0 Å². The lowest BCUT2D eigenvalue weighted by molar-refractivity contribution is 0.107. The normalized spacial score (nSPS) is 9.60. The van der Waals surface area contributed by atoms with E-state index in [1.807, 2.05) is 0 Å². The molecule has 0 N–H and O–H groups in total. The van der Waals surface area contributed by atoms with Crippen LogP contribution in [0.4, 0.5) is 0 Å². The summed E-state index contributed by atoms with van der Waals surface area (Å²) in [5.41, 5.74) is 0.247. The van der Waals surface area contributed by atoms with Gasteiger partial charge in [-0.15, -0.1) is 0 Å². The number of methoxy groups -OCH3 is 3. The van der Waals surface area contributed by atoms with Gasteiger partial charge in [0.15, 0.2) is 11.5 Å². The first-order chi connectivity index (χ1) is 7.15. The predicted molar refractivity (Wildman–Crippen MR) is 56.3 cm³/mol. The minimum absolute atomic E-state index is 0.247. The monoisotopic (exact) mass is 230 g/mol. The Balaban J connectivity index is 3.40. The second-order valence-corrected chi connectivity index (χ2v) is 3.00. The zero-order valence-electron chi connectivity index (χ0n) is 8.67. The highest BCUT2D eigenvalue weighted by Crippen LogP contribution is 2.40. The highest BCUT2D eigenvalue weighted by molar-refractivity contribution is 6.68. The minimum Gasteiger partial charge on any atom is -0.493 e. The molecule has 0 unspecified atom stereocenters. The molecule has 5 heteroatoms. The van der Waals surface area contributed by atoms with Crippen molar-refractivity contribution in [2.75, 3.05) is 21.3 Å². The van der Waals surface area contributed by atoms with Crippen LogP contribution in [0.5, 0.6) is 17.2 Å². The van der Waals surface area contributed by atoms with Gasteiger partial charge in [0.05, 0.1) is 26.9 Å². The van der Waals surface area contributed by atoms with Gasteiger partial charge in [-0.1, -0.05) is 0 Å². The van der Waals surface area contributed by atoms with E-state index < -0.39 is 5.24 Å². The van der Waals surface area contributed by atoms with E-state index in [2.05, 4.69) is 0 Å². The Hall–Kier alpha value is -1.42. The Kier molecular flexibility index (Phi) is 3.80. The molecule has 4 nitrogen and oxygen atoms in total. The van der Waals surface area contributed by atoms with Crippen molar-refractivity contribution in [2.45, 2.75) is 0 Å². The van der Waals surface area contributed by atoms with Crippen molar-refractivity contribution in [1.29, 1.82) is 0 Å². The van der Waals surface area contributed by atoms with Crippen LogP contribution in [0.25, 0.3) is 0 Å². The maximum Gasteiger partial charge on any atom is 0.256 e. The molecule has 82 valence electrons. The molecule has 0 aliphatic heterocycles. The summed E-state index contributed by atoms with van der Waals surface area (Å²) in [6.07, 6.45) is 0. The molecule has 0 aliphatic carbocycles. The second-order valence-electron chi connectivity index (χ2n) is 2.66. The molecule has 15 heavy (non-hydrogen) atoms. The van der Waals surface area contributed by atoms with E-state index in [1.54, 1.807) is 6.07 Å².